The van der Waals surface area contributed by atoms with Gasteiger partial charge in [-0.05, 0) is 36.8 Å². The Hall–Kier alpha value is -3.08. The van der Waals surface area contributed by atoms with Crippen molar-refractivity contribution in [2.75, 3.05) is 0 Å². The molecule has 0 amide bonds. The molecule has 0 spiro atoms. The van der Waals surface area contributed by atoms with Gasteiger partial charge >= 0.3 is 11.9 Å². The molecule has 1 aromatic carbocycles. The van der Waals surface area contributed by atoms with Gasteiger partial charge in [0.2, 0.25) is 0 Å². The zero-order chi connectivity index (χ0) is 19.8. The highest BCUT2D eigenvalue weighted by Gasteiger charge is 2.44. The van der Waals surface area contributed by atoms with Crippen molar-refractivity contribution in [1.29, 1.82) is 0 Å². The van der Waals surface area contributed by atoms with Crippen LogP contribution in [0.3, 0.4) is 0 Å². The van der Waals surface area contributed by atoms with Gasteiger partial charge in [-0.2, -0.15) is 0 Å². The van der Waals surface area contributed by atoms with Crippen LogP contribution in [-0.2, 0) is 19.0 Å². The quantitative estimate of drug-likeness (QED) is 0.577. The van der Waals surface area contributed by atoms with Crippen LogP contribution in [-0.4, -0.2) is 30.3 Å². The summed E-state index contributed by atoms with van der Waals surface area (Å²) in [6.07, 6.45) is 3.43. The molecule has 1 unspecified atom stereocenters. The fraction of sp³-hybridized carbons (Fsp3) is 0.304. The van der Waals surface area contributed by atoms with Gasteiger partial charge in [0.15, 0.2) is 0 Å². The van der Waals surface area contributed by atoms with E-state index in [0.717, 1.165) is 5.57 Å². The number of hydrogen-bond donors (Lipinski definition) is 0. The molecule has 144 valence electrons. The van der Waals surface area contributed by atoms with Crippen molar-refractivity contribution in [3.05, 3.63) is 83.7 Å². The second kappa shape index (κ2) is 7.15. The average Bonchev–Trinajstić information content (AvgIpc) is 3.13. The molecule has 1 aromatic rings. The normalized spacial score (nSPS) is 31.1. The molecule has 0 saturated carbocycles. The molecule has 2 aliphatic heterocycles. The lowest BCUT2D eigenvalue weighted by molar-refractivity contribution is -0.139. The minimum atomic E-state index is -0.572. The van der Waals surface area contributed by atoms with Gasteiger partial charge in [0, 0.05) is 18.4 Å². The Kier molecular flexibility index (Phi) is 4.67. The molecule has 4 rings (SSSR count). The van der Waals surface area contributed by atoms with Gasteiger partial charge in [-0.1, -0.05) is 36.9 Å². The minimum Gasteiger partial charge on any atom is -0.490 e. The summed E-state index contributed by atoms with van der Waals surface area (Å²) in [4.78, 5) is 24.9. The van der Waals surface area contributed by atoms with E-state index in [2.05, 4.69) is 13.2 Å². The first-order valence-electron chi connectivity index (χ1n) is 9.32. The molecular formula is C23H22O5. The molecule has 0 radical (unpaired) electrons. The monoisotopic (exact) mass is 378 g/mol. The van der Waals surface area contributed by atoms with Gasteiger partial charge in [0.1, 0.15) is 24.1 Å². The maximum Gasteiger partial charge on any atom is 0.338 e. The lowest BCUT2D eigenvalue weighted by Gasteiger charge is -2.26. The molecule has 0 aromatic heterocycles. The first-order valence-corrected chi connectivity index (χ1v) is 9.32. The lowest BCUT2D eigenvalue weighted by Crippen LogP contribution is -2.33. The van der Waals surface area contributed by atoms with E-state index in [-0.39, 0.29) is 18.0 Å². The van der Waals surface area contributed by atoms with Crippen LogP contribution >= 0.6 is 0 Å². The van der Waals surface area contributed by atoms with Crippen molar-refractivity contribution in [2.24, 2.45) is 5.92 Å². The van der Waals surface area contributed by atoms with Crippen LogP contribution in [0.25, 0.3) is 0 Å². The Balaban J connectivity index is 1.69. The molecule has 1 saturated heterocycles. The molecule has 1 fully saturated rings. The first-order chi connectivity index (χ1) is 13.4. The number of hydrogen-bond acceptors (Lipinski definition) is 5. The van der Waals surface area contributed by atoms with Crippen LogP contribution in [0.4, 0.5) is 0 Å². The fourth-order valence-electron chi connectivity index (χ4n) is 3.97. The molecular weight excluding hydrogens is 356 g/mol. The molecule has 4 atom stereocenters. The third kappa shape index (κ3) is 3.40. The van der Waals surface area contributed by atoms with Crippen LogP contribution in [0.5, 0.6) is 0 Å². The van der Waals surface area contributed by atoms with E-state index in [1.807, 2.05) is 25.1 Å². The van der Waals surface area contributed by atoms with E-state index in [1.165, 1.54) is 0 Å². The summed E-state index contributed by atoms with van der Waals surface area (Å²) in [5, 5.41) is 0. The zero-order valence-corrected chi connectivity index (χ0v) is 15.7. The highest BCUT2D eigenvalue weighted by molar-refractivity contribution is 5.91. The highest BCUT2D eigenvalue weighted by Crippen LogP contribution is 2.41. The second-order valence-electron chi connectivity index (χ2n) is 7.42. The van der Waals surface area contributed by atoms with E-state index < -0.39 is 18.2 Å². The van der Waals surface area contributed by atoms with Gasteiger partial charge < -0.3 is 14.2 Å². The summed E-state index contributed by atoms with van der Waals surface area (Å²) >= 11 is 0. The predicted octanol–water partition coefficient (Wildman–Crippen LogP) is 3.89. The van der Waals surface area contributed by atoms with Crippen molar-refractivity contribution in [2.45, 2.75) is 38.1 Å². The van der Waals surface area contributed by atoms with Crippen molar-refractivity contribution in [3.63, 3.8) is 0 Å². The SMILES string of the molecule is C=C1OC2CC3=C[C@@H](C/C(C)=C/[C@@H](OC(=O)c4ccccc4)[C@@H]2C1=C)OC3=O. The number of ether oxygens (including phenoxy) is 3. The predicted molar refractivity (Wildman–Crippen MR) is 103 cm³/mol. The van der Waals surface area contributed by atoms with E-state index in [1.54, 1.807) is 24.3 Å². The summed E-state index contributed by atoms with van der Waals surface area (Å²) in [5.74, 6) is -0.584. The maximum atomic E-state index is 12.7. The smallest absolute Gasteiger partial charge is 0.338 e. The van der Waals surface area contributed by atoms with Crippen LogP contribution < -0.4 is 0 Å². The van der Waals surface area contributed by atoms with Crippen LogP contribution in [0.1, 0.15) is 30.1 Å². The minimum absolute atomic E-state index is 0.298. The van der Waals surface area contributed by atoms with E-state index in [9.17, 15) is 9.59 Å². The third-order valence-electron chi connectivity index (χ3n) is 5.36. The maximum absolute atomic E-state index is 12.7. The van der Waals surface area contributed by atoms with Crippen molar-refractivity contribution in [3.8, 4) is 0 Å². The number of esters is 2. The van der Waals surface area contributed by atoms with E-state index in [4.69, 9.17) is 14.2 Å². The average molecular weight is 378 g/mol. The van der Waals surface area contributed by atoms with Gasteiger partial charge in [-0.15, -0.1) is 0 Å². The Labute approximate surface area is 164 Å². The molecule has 1 aliphatic carbocycles. The molecule has 3 aliphatic rings. The third-order valence-corrected chi connectivity index (χ3v) is 5.36. The molecule has 0 N–H and O–H groups in total. The molecule has 5 heteroatoms. The molecule has 28 heavy (non-hydrogen) atoms. The summed E-state index contributed by atoms with van der Waals surface area (Å²) in [6, 6.07) is 8.86. The van der Waals surface area contributed by atoms with Gasteiger partial charge in [-0.3, -0.25) is 0 Å². The number of carbonyl (C=O) groups excluding carboxylic acids is 2. The molecule has 2 heterocycles. The van der Waals surface area contributed by atoms with Crippen LogP contribution in [0.2, 0.25) is 0 Å². The van der Waals surface area contributed by atoms with Gasteiger partial charge in [0.05, 0.1) is 11.5 Å². The number of carbonyl (C=O) groups is 2. The van der Waals surface area contributed by atoms with Gasteiger partial charge in [0.25, 0.3) is 0 Å². The first kappa shape index (κ1) is 18.3. The van der Waals surface area contributed by atoms with Crippen LogP contribution in [0.15, 0.2) is 78.1 Å². The van der Waals surface area contributed by atoms with Crippen molar-refractivity contribution < 1.29 is 23.8 Å². The highest BCUT2D eigenvalue weighted by atomic mass is 16.6. The van der Waals surface area contributed by atoms with Crippen LogP contribution in [0, 0.1) is 5.92 Å². The second-order valence-corrected chi connectivity index (χ2v) is 7.42. The standard InChI is InChI=1S/C23H22O5/c1-13-9-18-11-17(23(25)27-18)12-20-21(14(2)15(3)26-20)19(10-13)28-22(24)16-7-5-4-6-8-16/h4-8,10-11,18-21H,2-3,9,12H2,1H3/b13-10+/t18-,19-,20?,21+/m1/s1. The summed E-state index contributed by atoms with van der Waals surface area (Å²) in [7, 11) is 0. The lowest BCUT2D eigenvalue weighted by atomic mass is 9.85. The van der Waals surface area contributed by atoms with E-state index >= 15 is 0 Å². The largest absolute Gasteiger partial charge is 0.490 e. The number of benzene rings is 1. The van der Waals surface area contributed by atoms with E-state index in [0.29, 0.717) is 35.3 Å². The van der Waals surface area contributed by atoms with Crippen molar-refractivity contribution in [1.82, 2.24) is 0 Å². The zero-order valence-electron chi connectivity index (χ0n) is 15.7. The Morgan fingerprint density at radius 3 is 2.61 bits per heavy atom. The summed E-state index contributed by atoms with van der Waals surface area (Å²) in [6.45, 7) is 9.96. The Bertz CT molecular complexity index is 908. The van der Waals surface area contributed by atoms with Gasteiger partial charge in [-0.25, -0.2) is 9.59 Å². The Morgan fingerprint density at radius 1 is 1.11 bits per heavy atom. The summed E-state index contributed by atoms with van der Waals surface area (Å²) in [5.41, 5.74) is 2.72. The summed E-state index contributed by atoms with van der Waals surface area (Å²) < 4.78 is 17.2. The molecule has 5 nitrogen and oxygen atoms in total. The number of allylic oxidation sites excluding steroid dienone is 1. The fourth-order valence-corrected chi connectivity index (χ4v) is 3.97. The topological polar surface area (TPSA) is 61.8 Å². The number of fused-ring (bicyclic) bond motifs is 2. The van der Waals surface area contributed by atoms with Crippen molar-refractivity contribution >= 4 is 11.9 Å². The number of rotatable bonds is 2. The Morgan fingerprint density at radius 2 is 1.86 bits per heavy atom. The molecule has 2 bridgehead atoms.